The molecule has 0 spiro atoms. The number of carbonyl (C=O) groups excluding carboxylic acids is 2. The fraction of sp³-hybridized carbons (Fsp3) is 0.579. The molecule has 0 atom stereocenters. The van der Waals surface area contributed by atoms with Crippen LogP contribution in [0.5, 0.6) is 0 Å². The summed E-state index contributed by atoms with van der Waals surface area (Å²) in [6.45, 7) is 3.66. The largest absolute Gasteiger partial charge is 0.299 e. The van der Waals surface area contributed by atoms with Gasteiger partial charge in [-0.2, -0.15) is 0 Å². The van der Waals surface area contributed by atoms with Gasteiger partial charge in [-0.15, -0.1) is 0 Å². The normalized spacial score (nSPS) is 11.0. The molecule has 0 heterocycles. The van der Waals surface area contributed by atoms with Crippen LogP contribution in [0.25, 0.3) is 0 Å². The third kappa shape index (κ3) is 7.05. The van der Waals surface area contributed by atoms with E-state index in [1.54, 1.807) is 6.07 Å². The fourth-order valence-corrected chi connectivity index (χ4v) is 3.24. The highest BCUT2D eigenvalue weighted by Gasteiger charge is 2.22. The van der Waals surface area contributed by atoms with Gasteiger partial charge in [-0.3, -0.25) is 9.59 Å². The summed E-state index contributed by atoms with van der Waals surface area (Å²) in [5, 5.41) is 1.38. The first kappa shape index (κ1) is 20.2. The molecule has 0 aliphatic heterocycles. The second-order valence-corrected chi connectivity index (χ2v) is 6.72. The van der Waals surface area contributed by atoms with Gasteiger partial charge in [-0.1, -0.05) is 62.4 Å². The molecule has 0 unspecified atom stereocenters. The first-order chi connectivity index (χ1) is 11.0. The van der Waals surface area contributed by atoms with E-state index in [4.69, 9.17) is 23.2 Å². The minimum absolute atomic E-state index is 0.0878. The predicted octanol–water partition coefficient (Wildman–Crippen LogP) is 6.06. The molecule has 2 nitrogen and oxygen atoms in total. The third-order valence-corrected chi connectivity index (χ3v) is 4.77. The molecular formula is C19H26Cl2O2. The van der Waals surface area contributed by atoms with Crippen molar-refractivity contribution in [2.24, 2.45) is 5.92 Å². The molecule has 1 aromatic carbocycles. The Bertz CT molecular complexity index is 510. The fourth-order valence-electron chi connectivity index (χ4n) is 2.74. The summed E-state index contributed by atoms with van der Waals surface area (Å²) in [5.41, 5.74) is 1.12. The van der Waals surface area contributed by atoms with Crippen LogP contribution in [0.2, 0.25) is 10.0 Å². The summed E-state index contributed by atoms with van der Waals surface area (Å²) in [6, 6.07) is 5.61. The number of hydrogen-bond donors (Lipinski definition) is 0. The Hall–Kier alpha value is -0.860. The van der Waals surface area contributed by atoms with E-state index in [0.717, 1.165) is 42.7 Å². The molecule has 0 amide bonds. The number of rotatable bonds is 11. The van der Waals surface area contributed by atoms with Crippen LogP contribution in [-0.4, -0.2) is 11.6 Å². The van der Waals surface area contributed by atoms with Gasteiger partial charge in [0.05, 0.1) is 5.92 Å². The maximum atomic E-state index is 11.8. The molecular weight excluding hydrogens is 331 g/mol. The van der Waals surface area contributed by atoms with Crippen molar-refractivity contribution in [2.45, 2.75) is 65.2 Å². The highest BCUT2D eigenvalue weighted by Crippen LogP contribution is 2.23. The van der Waals surface area contributed by atoms with Gasteiger partial charge in [-0.25, -0.2) is 0 Å². The Kier molecular flexibility index (Phi) is 9.50. The maximum absolute atomic E-state index is 11.8. The van der Waals surface area contributed by atoms with E-state index >= 15 is 0 Å². The van der Waals surface area contributed by atoms with Crippen LogP contribution in [0.3, 0.4) is 0 Å². The number of unbranched alkanes of at least 4 members (excludes halogenated alkanes) is 3. The van der Waals surface area contributed by atoms with Crippen LogP contribution in [0.1, 0.15) is 64.4 Å². The second-order valence-electron chi connectivity index (χ2n) is 5.88. The van der Waals surface area contributed by atoms with Gasteiger partial charge >= 0.3 is 0 Å². The molecule has 0 saturated carbocycles. The van der Waals surface area contributed by atoms with Gasteiger partial charge in [-0.05, 0) is 37.0 Å². The number of aryl methyl sites for hydroxylation is 1. The number of ketones is 2. The van der Waals surface area contributed by atoms with Crippen molar-refractivity contribution >= 4 is 34.8 Å². The highest BCUT2D eigenvalue weighted by atomic mass is 35.5. The monoisotopic (exact) mass is 356 g/mol. The quantitative estimate of drug-likeness (QED) is 0.356. The first-order valence-corrected chi connectivity index (χ1v) is 9.24. The molecule has 1 aromatic rings. The minimum atomic E-state index is -0.379. The average Bonchev–Trinajstić information content (AvgIpc) is 2.54. The zero-order chi connectivity index (χ0) is 17.2. The number of carbonyl (C=O) groups is 2. The Morgan fingerprint density at radius 1 is 0.957 bits per heavy atom. The minimum Gasteiger partial charge on any atom is -0.299 e. The van der Waals surface area contributed by atoms with E-state index in [2.05, 4.69) is 0 Å². The molecule has 0 aliphatic rings. The summed E-state index contributed by atoms with van der Waals surface area (Å²) in [6.07, 6.45) is 6.62. The Morgan fingerprint density at radius 2 is 1.57 bits per heavy atom. The number of hydrogen-bond acceptors (Lipinski definition) is 2. The summed E-state index contributed by atoms with van der Waals surface area (Å²) in [5.74, 6) is -0.203. The lowest BCUT2D eigenvalue weighted by atomic mass is 9.90. The molecule has 0 radical (unpaired) electrons. The van der Waals surface area contributed by atoms with E-state index in [0.29, 0.717) is 24.3 Å². The Labute approximate surface area is 149 Å². The third-order valence-electron chi connectivity index (χ3n) is 4.18. The summed E-state index contributed by atoms with van der Waals surface area (Å²) >= 11 is 12.0. The van der Waals surface area contributed by atoms with Gasteiger partial charge in [0.1, 0.15) is 11.6 Å². The van der Waals surface area contributed by atoms with Gasteiger partial charge < -0.3 is 0 Å². The van der Waals surface area contributed by atoms with Gasteiger partial charge in [0.25, 0.3) is 0 Å². The summed E-state index contributed by atoms with van der Waals surface area (Å²) < 4.78 is 0. The van der Waals surface area contributed by atoms with Gasteiger partial charge in [0.15, 0.2) is 0 Å². The molecule has 0 bridgehead atoms. The lowest BCUT2D eigenvalue weighted by Gasteiger charge is -2.12. The van der Waals surface area contributed by atoms with E-state index in [-0.39, 0.29) is 17.5 Å². The molecule has 128 valence electrons. The summed E-state index contributed by atoms with van der Waals surface area (Å²) in [4.78, 5) is 23.7. The Morgan fingerprint density at radius 3 is 2.13 bits per heavy atom. The second kappa shape index (κ2) is 10.8. The highest BCUT2D eigenvalue weighted by molar-refractivity contribution is 6.35. The van der Waals surface area contributed by atoms with E-state index < -0.39 is 0 Å². The van der Waals surface area contributed by atoms with Crippen molar-refractivity contribution in [3.8, 4) is 0 Å². The van der Waals surface area contributed by atoms with Crippen molar-refractivity contribution in [1.82, 2.24) is 0 Å². The predicted molar refractivity (Wildman–Crippen MR) is 97.3 cm³/mol. The van der Waals surface area contributed by atoms with Crippen molar-refractivity contribution in [2.75, 3.05) is 0 Å². The number of halogens is 2. The molecule has 0 N–H and O–H groups in total. The van der Waals surface area contributed by atoms with Crippen molar-refractivity contribution < 1.29 is 9.59 Å². The molecule has 0 fully saturated rings. The average molecular weight is 357 g/mol. The molecule has 0 saturated heterocycles. The van der Waals surface area contributed by atoms with Crippen LogP contribution in [-0.2, 0) is 16.0 Å². The van der Waals surface area contributed by atoms with Crippen LogP contribution >= 0.6 is 23.2 Å². The maximum Gasteiger partial charge on any atom is 0.143 e. The van der Waals surface area contributed by atoms with Crippen LogP contribution in [0.15, 0.2) is 18.2 Å². The van der Waals surface area contributed by atoms with E-state index in [9.17, 15) is 9.59 Å². The first-order valence-electron chi connectivity index (χ1n) is 8.48. The van der Waals surface area contributed by atoms with Crippen LogP contribution < -0.4 is 0 Å². The molecule has 0 aromatic heterocycles. The van der Waals surface area contributed by atoms with Crippen molar-refractivity contribution in [3.63, 3.8) is 0 Å². The molecule has 4 heteroatoms. The SMILES string of the molecule is CCC(=O)C(CCCCCCc1ccc(Cl)cc1Cl)C(=O)CC. The smallest absolute Gasteiger partial charge is 0.143 e. The van der Waals surface area contributed by atoms with E-state index in [1.807, 2.05) is 26.0 Å². The van der Waals surface area contributed by atoms with Crippen LogP contribution in [0.4, 0.5) is 0 Å². The Balaban J connectivity index is 2.28. The molecule has 23 heavy (non-hydrogen) atoms. The van der Waals surface area contributed by atoms with E-state index in [1.165, 1.54) is 0 Å². The summed E-state index contributed by atoms with van der Waals surface area (Å²) in [7, 11) is 0. The zero-order valence-corrected chi connectivity index (χ0v) is 15.6. The number of Topliss-reactive ketones (excluding diaryl/α,β-unsaturated/α-hetero) is 2. The lowest BCUT2D eigenvalue weighted by molar-refractivity contribution is -0.132. The van der Waals surface area contributed by atoms with Gasteiger partial charge in [0.2, 0.25) is 0 Å². The van der Waals surface area contributed by atoms with Crippen molar-refractivity contribution in [3.05, 3.63) is 33.8 Å². The van der Waals surface area contributed by atoms with Crippen molar-refractivity contribution in [1.29, 1.82) is 0 Å². The molecule has 1 rings (SSSR count). The van der Waals surface area contributed by atoms with Gasteiger partial charge in [0, 0.05) is 22.9 Å². The number of benzene rings is 1. The zero-order valence-electron chi connectivity index (χ0n) is 14.0. The standard InChI is InChI=1S/C19H26Cl2O2/c1-3-18(22)16(19(23)4-2)10-8-6-5-7-9-14-11-12-15(20)13-17(14)21/h11-13,16H,3-10H2,1-2H3. The topological polar surface area (TPSA) is 34.1 Å². The van der Waals surface area contributed by atoms with Crippen LogP contribution in [0, 0.1) is 5.92 Å². The lowest BCUT2D eigenvalue weighted by Crippen LogP contribution is -2.22. The molecule has 0 aliphatic carbocycles.